The van der Waals surface area contributed by atoms with Crippen molar-refractivity contribution in [2.75, 3.05) is 0 Å². The predicted octanol–water partition coefficient (Wildman–Crippen LogP) is 4.56. The van der Waals surface area contributed by atoms with Gasteiger partial charge in [-0.05, 0) is 30.4 Å². The summed E-state index contributed by atoms with van der Waals surface area (Å²) in [6, 6.07) is 8.23. The van der Waals surface area contributed by atoms with Crippen molar-refractivity contribution < 1.29 is 0 Å². The van der Waals surface area contributed by atoms with Gasteiger partial charge in [0.15, 0.2) is 0 Å². The van der Waals surface area contributed by atoms with Crippen LogP contribution < -0.4 is 0 Å². The largest absolute Gasteiger partial charge is 0.158 e. The Morgan fingerprint density at radius 2 is 1.71 bits per heavy atom. The van der Waals surface area contributed by atoms with E-state index in [4.69, 9.17) is 0 Å². The lowest BCUT2D eigenvalue weighted by molar-refractivity contribution is 0.642. The summed E-state index contributed by atoms with van der Waals surface area (Å²) in [5, 5.41) is 9.47. The molecule has 0 fully saturated rings. The monoisotopic (exact) mass is 230 g/mol. The van der Waals surface area contributed by atoms with Crippen molar-refractivity contribution in [1.82, 2.24) is 10.2 Å². The van der Waals surface area contributed by atoms with Crippen LogP contribution in [-0.4, -0.2) is 10.2 Å². The summed E-state index contributed by atoms with van der Waals surface area (Å²) in [6.45, 7) is 8.45. The lowest BCUT2D eigenvalue weighted by Crippen LogP contribution is -1.99. The molecular weight excluding hydrogens is 208 g/mol. The van der Waals surface area contributed by atoms with Crippen molar-refractivity contribution in [3.8, 4) is 0 Å². The normalized spacial score (nSPS) is 10.2. The highest BCUT2D eigenvalue weighted by molar-refractivity contribution is 5.81. The van der Waals surface area contributed by atoms with Gasteiger partial charge < -0.3 is 0 Å². The topological polar surface area (TPSA) is 25.8 Å². The number of benzene rings is 1. The van der Waals surface area contributed by atoms with Gasteiger partial charge in [-0.1, -0.05) is 45.9 Å². The molecule has 0 spiro atoms. The maximum Gasteiger partial charge on any atom is 0.0932 e. The van der Waals surface area contributed by atoms with Crippen molar-refractivity contribution in [3.05, 3.63) is 36.0 Å². The van der Waals surface area contributed by atoms with Gasteiger partial charge in [0.05, 0.1) is 11.7 Å². The van der Waals surface area contributed by atoms with E-state index in [1.807, 2.05) is 32.2 Å². The van der Waals surface area contributed by atoms with E-state index in [1.54, 1.807) is 0 Å². The quantitative estimate of drug-likeness (QED) is 0.772. The van der Waals surface area contributed by atoms with Gasteiger partial charge in [0.1, 0.15) is 0 Å². The van der Waals surface area contributed by atoms with E-state index in [-0.39, 0.29) is 0 Å². The first kappa shape index (κ1) is 13.6. The summed E-state index contributed by atoms with van der Waals surface area (Å²) in [4.78, 5) is 0. The molecule has 0 radical (unpaired) electrons. The Morgan fingerprint density at radius 1 is 1.06 bits per heavy atom. The van der Waals surface area contributed by atoms with Gasteiger partial charge >= 0.3 is 0 Å². The molecule has 0 atom stereocenters. The molecule has 0 aliphatic rings. The third-order valence-electron chi connectivity index (χ3n) is 3.00. The Morgan fingerprint density at radius 3 is 2.35 bits per heavy atom. The van der Waals surface area contributed by atoms with E-state index >= 15 is 0 Å². The Hall–Kier alpha value is -1.44. The predicted molar refractivity (Wildman–Crippen MR) is 74.2 cm³/mol. The summed E-state index contributed by atoms with van der Waals surface area (Å²) in [5.74, 6) is 0.602. The summed E-state index contributed by atoms with van der Waals surface area (Å²) in [6.07, 6.45) is 4.23. The van der Waals surface area contributed by atoms with Crippen LogP contribution in [0, 0.1) is 0 Å². The first-order valence-electron chi connectivity index (χ1n) is 6.57. The van der Waals surface area contributed by atoms with Crippen LogP contribution >= 0.6 is 0 Å². The number of fused-ring (bicyclic) bond motifs is 1. The van der Waals surface area contributed by atoms with Crippen molar-refractivity contribution in [2.45, 2.75) is 46.5 Å². The number of hydrogen-bond donors (Lipinski definition) is 0. The third kappa shape index (κ3) is 3.02. The number of aromatic nitrogens is 2. The molecule has 1 aromatic carbocycles. The Labute approximate surface area is 104 Å². The van der Waals surface area contributed by atoms with Gasteiger partial charge in [-0.25, -0.2) is 0 Å². The molecule has 0 aliphatic heterocycles. The molecule has 2 rings (SSSR count). The SMILES string of the molecule is CC.CCC(CC)c1cnnc2ccccc12. The standard InChI is InChI=1S/C13H16N2.C2H6/c1-3-10(4-2)12-9-14-15-13-8-6-5-7-11(12)13;1-2/h5-10H,3-4H2,1-2H3;1-2H3. The van der Waals surface area contributed by atoms with Crippen molar-refractivity contribution in [1.29, 1.82) is 0 Å². The van der Waals surface area contributed by atoms with E-state index < -0.39 is 0 Å². The first-order chi connectivity index (χ1) is 8.36. The summed E-state index contributed by atoms with van der Waals surface area (Å²) < 4.78 is 0. The van der Waals surface area contributed by atoms with Crippen molar-refractivity contribution >= 4 is 10.9 Å². The second kappa shape index (κ2) is 7.00. The van der Waals surface area contributed by atoms with Gasteiger partial charge in [-0.2, -0.15) is 10.2 Å². The smallest absolute Gasteiger partial charge is 0.0932 e. The Kier molecular flexibility index (Phi) is 5.61. The van der Waals surface area contributed by atoms with Gasteiger partial charge in [0.2, 0.25) is 0 Å². The first-order valence-corrected chi connectivity index (χ1v) is 6.57. The fourth-order valence-electron chi connectivity index (χ4n) is 2.08. The molecule has 17 heavy (non-hydrogen) atoms. The van der Waals surface area contributed by atoms with E-state index in [1.165, 1.54) is 10.9 Å². The molecule has 0 bridgehead atoms. The highest BCUT2D eigenvalue weighted by Crippen LogP contribution is 2.27. The Bertz CT molecular complexity index is 442. The van der Waals surface area contributed by atoms with E-state index in [9.17, 15) is 0 Å². The molecule has 0 N–H and O–H groups in total. The molecule has 0 amide bonds. The molecule has 1 aromatic heterocycles. The van der Waals surface area contributed by atoms with E-state index in [0.717, 1.165) is 18.4 Å². The Balaban J connectivity index is 0.000000686. The van der Waals surface area contributed by atoms with Crippen molar-refractivity contribution in [2.24, 2.45) is 0 Å². The zero-order valence-corrected chi connectivity index (χ0v) is 11.3. The lowest BCUT2D eigenvalue weighted by atomic mass is 9.92. The molecule has 0 saturated carbocycles. The lowest BCUT2D eigenvalue weighted by Gasteiger charge is -2.13. The van der Waals surface area contributed by atoms with Crippen molar-refractivity contribution in [3.63, 3.8) is 0 Å². The average Bonchev–Trinajstić information content (AvgIpc) is 2.43. The fourth-order valence-corrected chi connectivity index (χ4v) is 2.08. The minimum Gasteiger partial charge on any atom is -0.158 e. The third-order valence-corrected chi connectivity index (χ3v) is 3.00. The number of hydrogen-bond acceptors (Lipinski definition) is 2. The van der Waals surface area contributed by atoms with Crippen LogP contribution in [0.25, 0.3) is 10.9 Å². The average molecular weight is 230 g/mol. The highest BCUT2D eigenvalue weighted by Gasteiger charge is 2.11. The van der Waals surface area contributed by atoms with Crippen LogP contribution in [0.1, 0.15) is 52.0 Å². The van der Waals surface area contributed by atoms with Gasteiger partial charge in [0, 0.05) is 5.39 Å². The summed E-state index contributed by atoms with van der Waals surface area (Å²) in [7, 11) is 0. The summed E-state index contributed by atoms with van der Waals surface area (Å²) >= 11 is 0. The molecule has 2 nitrogen and oxygen atoms in total. The zero-order valence-electron chi connectivity index (χ0n) is 11.3. The van der Waals surface area contributed by atoms with E-state index in [2.05, 4.69) is 36.2 Å². The molecular formula is C15H22N2. The van der Waals surface area contributed by atoms with Crippen LogP contribution in [0.2, 0.25) is 0 Å². The van der Waals surface area contributed by atoms with Crippen LogP contribution in [-0.2, 0) is 0 Å². The molecule has 2 aromatic rings. The molecule has 2 heteroatoms. The summed E-state index contributed by atoms with van der Waals surface area (Å²) in [5.41, 5.74) is 2.34. The molecule has 0 saturated heterocycles. The molecule has 1 heterocycles. The van der Waals surface area contributed by atoms with Gasteiger partial charge in [-0.15, -0.1) is 0 Å². The zero-order chi connectivity index (χ0) is 12.7. The van der Waals surface area contributed by atoms with Crippen LogP contribution in [0.5, 0.6) is 0 Å². The second-order valence-electron chi connectivity index (χ2n) is 3.83. The number of nitrogens with zero attached hydrogens (tertiary/aromatic N) is 2. The van der Waals surface area contributed by atoms with E-state index in [0.29, 0.717) is 5.92 Å². The molecule has 92 valence electrons. The van der Waals surface area contributed by atoms with Crippen LogP contribution in [0.3, 0.4) is 0 Å². The number of rotatable bonds is 3. The van der Waals surface area contributed by atoms with Gasteiger partial charge in [0.25, 0.3) is 0 Å². The highest BCUT2D eigenvalue weighted by atomic mass is 15.1. The van der Waals surface area contributed by atoms with Crippen LogP contribution in [0.4, 0.5) is 0 Å². The van der Waals surface area contributed by atoms with Gasteiger partial charge in [-0.3, -0.25) is 0 Å². The maximum atomic E-state index is 4.14. The fraction of sp³-hybridized carbons (Fsp3) is 0.467. The molecule has 0 aliphatic carbocycles. The van der Waals surface area contributed by atoms with Crippen LogP contribution in [0.15, 0.2) is 30.5 Å². The maximum absolute atomic E-state index is 4.14. The minimum absolute atomic E-state index is 0.602. The second-order valence-corrected chi connectivity index (χ2v) is 3.83. The molecule has 0 unspecified atom stereocenters. The minimum atomic E-state index is 0.602.